The largest absolute Gasteiger partial charge is 0.390 e. The molecule has 0 radical (unpaired) electrons. The van der Waals surface area contributed by atoms with Gasteiger partial charge in [-0.15, -0.1) is 5.10 Å². The molecule has 72 valence electrons. The van der Waals surface area contributed by atoms with Gasteiger partial charge in [-0.25, -0.2) is 4.68 Å². The lowest BCUT2D eigenvalue weighted by Gasteiger charge is -2.34. The van der Waals surface area contributed by atoms with Crippen LogP contribution in [-0.2, 0) is 11.3 Å². The fourth-order valence-corrected chi connectivity index (χ4v) is 1.58. The maximum Gasteiger partial charge on any atom is 0.108 e. The van der Waals surface area contributed by atoms with Crippen molar-refractivity contribution in [3.63, 3.8) is 0 Å². The Morgan fingerprint density at radius 2 is 2.54 bits per heavy atom. The van der Waals surface area contributed by atoms with Gasteiger partial charge in [0.2, 0.25) is 0 Å². The van der Waals surface area contributed by atoms with E-state index in [-0.39, 0.29) is 12.7 Å². The average molecular weight is 183 g/mol. The van der Waals surface area contributed by atoms with Gasteiger partial charge in [-0.05, 0) is 12.8 Å². The molecule has 2 atom stereocenters. The van der Waals surface area contributed by atoms with Gasteiger partial charge in [0.15, 0.2) is 0 Å². The van der Waals surface area contributed by atoms with E-state index in [4.69, 9.17) is 9.84 Å². The number of hydrogen-bond donors (Lipinski definition) is 1. The summed E-state index contributed by atoms with van der Waals surface area (Å²) in [4.78, 5) is 0. The van der Waals surface area contributed by atoms with Gasteiger partial charge in [0, 0.05) is 7.11 Å². The van der Waals surface area contributed by atoms with Crippen LogP contribution in [0.1, 0.15) is 24.6 Å². The van der Waals surface area contributed by atoms with Crippen LogP contribution < -0.4 is 0 Å². The van der Waals surface area contributed by atoms with Crippen LogP contribution in [0.25, 0.3) is 0 Å². The molecular weight excluding hydrogens is 170 g/mol. The highest BCUT2D eigenvalue weighted by molar-refractivity contribution is 4.95. The van der Waals surface area contributed by atoms with Crippen molar-refractivity contribution in [1.82, 2.24) is 15.0 Å². The van der Waals surface area contributed by atoms with Crippen LogP contribution in [0.4, 0.5) is 0 Å². The summed E-state index contributed by atoms with van der Waals surface area (Å²) in [6.45, 7) is -0.0512. The van der Waals surface area contributed by atoms with Crippen molar-refractivity contribution < 1.29 is 9.84 Å². The van der Waals surface area contributed by atoms with E-state index < -0.39 is 0 Å². The number of aliphatic hydroxyl groups is 1. The summed E-state index contributed by atoms with van der Waals surface area (Å²) in [7, 11) is 1.71. The second-order valence-corrected chi connectivity index (χ2v) is 3.27. The molecule has 1 aromatic rings. The molecule has 0 saturated heterocycles. The van der Waals surface area contributed by atoms with Gasteiger partial charge in [0.1, 0.15) is 5.69 Å². The minimum Gasteiger partial charge on any atom is -0.390 e. The van der Waals surface area contributed by atoms with Crippen molar-refractivity contribution in [2.45, 2.75) is 31.6 Å². The number of aromatic nitrogens is 3. The summed E-state index contributed by atoms with van der Waals surface area (Å²) in [5, 5.41) is 16.5. The number of methoxy groups -OCH3 is 1. The average Bonchev–Trinajstić information content (AvgIpc) is 2.52. The number of ether oxygens (including phenoxy) is 1. The zero-order valence-electron chi connectivity index (χ0n) is 7.55. The molecule has 1 saturated carbocycles. The Bertz CT molecular complexity index is 285. The second-order valence-electron chi connectivity index (χ2n) is 3.27. The summed E-state index contributed by atoms with van der Waals surface area (Å²) in [6, 6.07) is 0.304. The van der Waals surface area contributed by atoms with E-state index in [0.717, 1.165) is 12.8 Å². The molecule has 1 aliphatic rings. The molecule has 1 aromatic heterocycles. The maximum absolute atomic E-state index is 8.80. The normalized spacial score (nSPS) is 27.2. The first kappa shape index (κ1) is 8.65. The fraction of sp³-hybridized carbons (Fsp3) is 0.750. The fourth-order valence-electron chi connectivity index (χ4n) is 1.58. The Hall–Kier alpha value is -0.940. The van der Waals surface area contributed by atoms with Gasteiger partial charge in [-0.1, -0.05) is 5.21 Å². The minimum absolute atomic E-state index is 0.0512. The van der Waals surface area contributed by atoms with Crippen LogP contribution in [0.2, 0.25) is 0 Å². The van der Waals surface area contributed by atoms with Gasteiger partial charge in [-0.3, -0.25) is 0 Å². The van der Waals surface area contributed by atoms with E-state index in [9.17, 15) is 0 Å². The molecule has 0 bridgehead atoms. The first-order valence-electron chi connectivity index (χ1n) is 4.39. The molecule has 0 spiro atoms. The van der Waals surface area contributed by atoms with Gasteiger partial charge < -0.3 is 9.84 Å². The molecule has 0 amide bonds. The molecule has 2 unspecified atom stereocenters. The van der Waals surface area contributed by atoms with E-state index in [1.54, 1.807) is 18.0 Å². The molecular formula is C8H13N3O2. The smallest absolute Gasteiger partial charge is 0.108 e. The van der Waals surface area contributed by atoms with Crippen molar-refractivity contribution in [2.24, 2.45) is 0 Å². The van der Waals surface area contributed by atoms with E-state index in [1.807, 2.05) is 0 Å². The van der Waals surface area contributed by atoms with Gasteiger partial charge in [-0.2, -0.15) is 0 Å². The maximum atomic E-state index is 8.80. The summed E-state index contributed by atoms with van der Waals surface area (Å²) < 4.78 is 7.03. The second kappa shape index (κ2) is 3.43. The molecule has 1 aliphatic carbocycles. The third-order valence-electron chi connectivity index (χ3n) is 2.54. The van der Waals surface area contributed by atoms with Crippen molar-refractivity contribution in [3.8, 4) is 0 Å². The zero-order valence-corrected chi connectivity index (χ0v) is 7.55. The Morgan fingerprint density at radius 3 is 3.00 bits per heavy atom. The molecule has 1 heterocycles. The lowest BCUT2D eigenvalue weighted by Crippen LogP contribution is -2.35. The Morgan fingerprint density at radius 1 is 1.69 bits per heavy atom. The third-order valence-corrected chi connectivity index (χ3v) is 2.54. The molecule has 0 aliphatic heterocycles. The van der Waals surface area contributed by atoms with Crippen LogP contribution in [0, 0.1) is 0 Å². The summed E-state index contributed by atoms with van der Waals surface area (Å²) in [6.07, 6.45) is 4.19. The highest BCUT2D eigenvalue weighted by atomic mass is 16.5. The van der Waals surface area contributed by atoms with Crippen molar-refractivity contribution in [1.29, 1.82) is 0 Å². The Labute approximate surface area is 76.3 Å². The predicted molar refractivity (Wildman–Crippen MR) is 45.0 cm³/mol. The molecule has 5 nitrogen and oxygen atoms in total. The Kier molecular flexibility index (Phi) is 2.28. The van der Waals surface area contributed by atoms with Crippen molar-refractivity contribution >= 4 is 0 Å². The number of rotatable bonds is 3. The van der Waals surface area contributed by atoms with E-state index in [0.29, 0.717) is 11.7 Å². The molecule has 2 rings (SSSR count). The molecule has 1 N–H and O–H groups in total. The highest BCUT2D eigenvalue weighted by Crippen LogP contribution is 2.33. The SMILES string of the molecule is COC1CCC1n1cc(CO)nn1. The summed E-state index contributed by atoms with van der Waals surface area (Å²) >= 11 is 0. The first-order chi connectivity index (χ1) is 6.35. The molecule has 1 fully saturated rings. The third kappa shape index (κ3) is 1.45. The lowest BCUT2D eigenvalue weighted by molar-refractivity contribution is -0.0145. The van der Waals surface area contributed by atoms with Crippen molar-refractivity contribution in [3.05, 3.63) is 11.9 Å². The Balaban J connectivity index is 2.07. The number of hydrogen-bond acceptors (Lipinski definition) is 4. The van der Waals surface area contributed by atoms with Crippen LogP contribution in [0.3, 0.4) is 0 Å². The number of nitrogens with zero attached hydrogens (tertiary/aromatic N) is 3. The molecule has 5 heteroatoms. The standard InChI is InChI=1S/C8H13N3O2/c1-13-8-3-2-7(8)11-4-6(5-12)9-10-11/h4,7-8,12H,2-3,5H2,1H3. The predicted octanol–water partition coefficient (Wildman–Crippen LogP) is 0.120. The quantitative estimate of drug-likeness (QED) is 0.723. The van der Waals surface area contributed by atoms with Crippen molar-refractivity contribution in [2.75, 3.05) is 7.11 Å². The van der Waals surface area contributed by atoms with Crippen LogP contribution in [0.15, 0.2) is 6.20 Å². The van der Waals surface area contributed by atoms with Crippen LogP contribution in [0.5, 0.6) is 0 Å². The van der Waals surface area contributed by atoms with Gasteiger partial charge in [0.05, 0.1) is 24.9 Å². The first-order valence-corrected chi connectivity index (χ1v) is 4.39. The minimum atomic E-state index is -0.0512. The van der Waals surface area contributed by atoms with Gasteiger partial charge in [0.25, 0.3) is 0 Å². The summed E-state index contributed by atoms with van der Waals surface area (Å²) in [5.74, 6) is 0. The zero-order chi connectivity index (χ0) is 9.26. The number of aliphatic hydroxyl groups excluding tert-OH is 1. The lowest BCUT2D eigenvalue weighted by atomic mass is 9.89. The van der Waals surface area contributed by atoms with Gasteiger partial charge >= 0.3 is 0 Å². The van der Waals surface area contributed by atoms with E-state index >= 15 is 0 Å². The van der Waals surface area contributed by atoms with Crippen LogP contribution >= 0.6 is 0 Å². The van der Waals surface area contributed by atoms with E-state index in [1.165, 1.54) is 0 Å². The van der Waals surface area contributed by atoms with E-state index in [2.05, 4.69) is 10.3 Å². The highest BCUT2D eigenvalue weighted by Gasteiger charge is 2.33. The molecule has 13 heavy (non-hydrogen) atoms. The molecule has 0 aromatic carbocycles. The topological polar surface area (TPSA) is 60.2 Å². The monoisotopic (exact) mass is 183 g/mol. The van der Waals surface area contributed by atoms with Crippen LogP contribution in [-0.4, -0.2) is 33.3 Å². The summed E-state index contributed by atoms with van der Waals surface area (Å²) in [5.41, 5.74) is 0.613.